The van der Waals surface area contributed by atoms with Crippen LogP contribution in [-0.2, 0) is 4.79 Å². The van der Waals surface area contributed by atoms with E-state index in [4.69, 9.17) is 0 Å². The van der Waals surface area contributed by atoms with E-state index in [0.29, 0.717) is 12.1 Å². The highest BCUT2D eigenvalue weighted by Crippen LogP contribution is 1.91. The second-order valence-electron chi connectivity index (χ2n) is 1.78. The molecule has 9 heavy (non-hydrogen) atoms. The molecular formula is C7H11NO. The molecule has 0 radical (unpaired) electrons. The minimum absolute atomic E-state index is 0.0816. The van der Waals surface area contributed by atoms with Crippen molar-refractivity contribution in [2.75, 3.05) is 0 Å². The van der Waals surface area contributed by atoms with E-state index in [9.17, 15) is 4.79 Å². The SMILES string of the molecule is C=CCC(=C)NC(C)=O. The average molecular weight is 125 g/mol. The zero-order valence-electron chi connectivity index (χ0n) is 5.61. The quantitative estimate of drug-likeness (QED) is 0.564. The molecule has 0 saturated carbocycles. The van der Waals surface area contributed by atoms with Gasteiger partial charge in [0.2, 0.25) is 5.91 Å². The van der Waals surface area contributed by atoms with E-state index >= 15 is 0 Å². The molecule has 0 aliphatic carbocycles. The van der Waals surface area contributed by atoms with Crippen molar-refractivity contribution in [3.63, 3.8) is 0 Å². The van der Waals surface area contributed by atoms with Gasteiger partial charge in [-0.1, -0.05) is 12.7 Å². The number of nitrogens with one attached hydrogen (secondary N) is 1. The first-order valence-corrected chi connectivity index (χ1v) is 2.73. The minimum Gasteiger partial charge on any atom is -0.330 e. The fourth-order valence-corrected chi connectivity index (χ4v) is 0.474. The van der Waals surface area contributed by atoms with Crippen LogP contribution in [0, 0.1) is 0 Å². The third kappa shape index (κ3) is 4.81. The Hall–Kier alpha value is -1.05. The first-order chi connectivity index (χ1) is 4.16. The second kappa shape index (κ2) is 3.89. The summed E-state index contributed by atoms with van der Waals surface area (Å²) in [5.41, 5.74) is 0.692. The van der Waals surface area contributed by atoms with Crippen LogP contribution in [0.3, 0.4) is 0 Å². The molecule has 0 aliphatic heterocycles. The van der Waals surface area contributed by atoms with Crippen LogP contribution in [0.2, 0.25) is 0 Å². The van der Waals surface area contributed by atoms with Gasteiger partial charge in [0.05, 0.1) is 0 Å². The Morgan fingerprint density at radius 1 is 1.78 bits per heavy atom. The molecule has 50 valence electrons. The normalized spacial score (nSPS) is 8.11. The average Bonchev–Trinajstić information content (AvgIpc) is 1.63. The van der Waals surface area contributed by atoms with Gasteiger partial charge in [-0.05, 0) is 0 Å². The molecule has 0 aromatic rings. The topological polar surface area (TPSA) is 29.1 Å². The smallest absolute Gasteiger partial charge is 0.220 e. The summed E-state index contributed by atoms with van der Waals surface area (Å²) in [7, 11) is 0. The molecule has 2 nitrogen and oxygen atoms in total. The molecular weight excluding hydrogens is 114 g/mol. The minimum atomic E-state index is -0.0816. The van der Waals surface area contributed by atoms with Gasteiger partial charge in [0.1, 0.15) is 0 Å². The molecule has 0 aliphatic rings. The zero-order valence-corrected chi connectivity index (χ0v) is 5.61. The second-order valence-corrected chi connectivity index (χ2v) is 1.78. The molecule has 2 heteroatoms. The molecule has 0 aromatic heterocycles. The molecule has 0 unspecified atom stereocenters. The van der Waals surface area contributed by atoms with Gasteiger partial charge in [-0.3, -0.25) is 4.79 Å². The zero-order chi connectivity index (χ0) is 7.28. The molecule has 1 N–H and O–H groups in total. The van der Waals surface area contributed by atoms with E-state index in [2.05, 4.69) is 18.5 Å². The van der Waals surface area contributed by atoms with Crippen LogP contribution < -0.4 is 5.32 Å². The number of carbonyl (C=O) groups is 1. The van der Waals surface area contributed by atoms with E-state index in [1.165, 1.54) is 6.92 Å². The van der Waals surface area contributed by atoms with Crippen molar-refractivity contribution >= 4 is 5.91 Å². The van der Waals surface area contributed by atoms with Gasteiger partial charge in [-0.15, -0.1) is 6.58 Å². The number of hydrogen-bond acceptors (Lipinski definition) is 1. The maximum absolute atomic E-state index is 10.3. The van der Waals surface area contributed by atoms with Crippen molar-refractivity contribution in [1.29, 1.82) is 0 Å². The van der Waals surface area contributed by atoms with Gasteiger partial charge in [0, 0.05) is 19.0 Å². The van der Waals surface area contributed by atoms with E-state index in [0.717, 1.165) is 0 Å². The van der Waals surface area contributed by atoms with Crippen LogP contribution in [0.4, 0.5) is 0 Å². The lowest BCUT2D eigenvalue weighted by Gasteiger charge is -2.00. The summed E-state index contributed by atoms with van der Waals surface area (Å²) in [5, 5.41) is 2.54. The summed E-state index contributed by atoms with van der Waals surface area (Å²) in [6, 6.07) is 0. The summed E-state index contributed by atoms with van der Waals surface area (Å²) in [5.74, 6) is -0.0816. The predicted molar refractivity (Wildman–Crippen MR) is 37.8 cm³/mol. The fourth-order valence-electron chi connectivity index (χ4n) is 0.474. The van der Waals surface area contributed by atoms with Crippen molar-refractivity contribution in [3.8, 4) is 0 Å². The Morgan fingerprint density at radius 3 is 2.67 bits per heavy atom. The van der Waals surface area contributed by atoms with Crippen LogP contribution in [0.1, 0.15) is 13.3 Å². The number of hydrogen-bond donors (Lipinski definition) is 1. The number of carbonyl (C=O) groups excluding carboxylic acids is 1. The standard InChI is InChI=1S/C7H11NO/c1-4-5-6(2)8-7(3)9/h4H,1-2,5H2,3H3,(H,8,9). The van der Waals surface area contributed by atoms with Crippen LogP contribution in [0.25, 0.3) is 0 Å². The van der Waals surface area contributed by atoms with Crippen molar-refractivity contribution in [3.05, 3.63) is 24.9 Å². The molecule has 0 rings (SSSR count). The molecule has 0 heterocycles. The van der Waals surface area contributed by atoms with Crippen LogP contribution >= 0.6 is 0 Å². The first-order valence-electron chi connectivity index (χ1n) is 2.73. The van der Waals surface area contributed by atoms with Crippen LogP contribution in [-0.4, -0.2) is 5.91 Å². The van der Waals surface area contributed by atoms with Gasteiger partial charge >= 0.3 is 0 Å². The van der Waals surface area contributed by atoms with Crippen LogP contribution in [0.5, 0.6) is 0 Å². The molecule has 0 fully saturated rings. The Morgan fingerprint density at radius 2 is 2.33 bits per heavy atom. The number of allylic oxidation sites excluding steroid dienone is 1. The Labute approximate surface area is 55.3 Å². The number of rotatable bonds is 3. The maximum Gasteiger partial charge on any atom is 0.220 e. The van der Waals surface area contributed by atoms with Gasteiger partial charge in [-0.25, -0.2) is 0 Å². The summed E-state index contributed by atoms with van der Waals surface area (Å²) in [4.78, 5) is 10.3. The maximum atomic E-state index is 10.3. The third-order valence-corrected chi connectivity index (χ3v) is 0.744. The molecule has 0 aromatic carbocycles. The number of amides is 1. The third-order valence-electron chi connectivity index (χ3n) is 0.744. The van der Waals surface area contributed by atoms with Crippen LogP contribution in [0.15, 0.2) is 24.9 Å². The summed E-state index contributed by atoms with van der Waals surface area (Å²) >= 11 is 0. The molecule has 0 saturated heterocycles. The first kappa shape index (κ1) is 7.95. The summed E-state index contributed by atoms with van der Waals surface area (Å²) in [6.07, 6.45) is 2.33. The van der Waals surface area contributed by atoms with E-state index in [1.807, 2.05) is 0 Å². The largest absolute Gasteiger partial charge is 0.330 e. The summed E-state index contributed by atoms with van der Waals surface area (Å²) in [6.45, 7) is 8.53. The highest BCUT2D eigenvalue weighted by molar-refractivity contribution is 5.74. The van der Waals surface area contributed by atoms with E-state index in [-0.39, 0.29) is 5.91 Å². The lowest BCUT2D eigenvalue weighted by Crippen LogP contribution is -2.17. The molecule has 0 atom stereocenters. The van der Waals surface area contributed by atoms with Gasteiger partial charge < -0.3 is 5.32 Å². The van der Waals surface area contributed by atoms with Crippen molar-refractivity contribution in [1.82, 2.24) is 5.32 Å². The van der Waals surface area contributed by atoms with Crippen molar-refractivity contribution in [2.45, 2.75) is 13.3 Å². The van der Waals surface area contributed by atoms with E-state index < -0.39 is 0 Å². The lowest BCUT2D eigenvalue weighted by molar-refractivity contribution is -0.118. The summed E-state index contributed by atoms with van der Waals surface area (Å²) < 4.78 is 0. The molecule has 1 amide bonds. The van der Waals surface area contributed by atoms with E-state index in [1.54, 1.807) is 6.08 Å². The monoisotopic (exact) mass is 125 g/mol. The molecule has 0 spiro atoms. The lowest BCUT2D eigenvalue weighted by atomic mass is 10.3. The molecule has 0 bridgehead atoms. The fraction of sp³-hybridized carbons (Fsp3) is 0.286. The Balaban J connectivity index is 3.50. The van der Waals surface area contributed by atoms with Gasteiger partial charge in [-0.2, -0.15) is 0 Å². The highest BCUT2D eigenvalue weighted by atomic mass is 16.1. The van der Waals surface area contributed by atoms with Crippen molar-refractivity contribution < 1.29 is 4.79 Å². The van der Waals surface area contributed by atoms with Crippen molar-refractivity contribution in [2.24, 2.45) is 0 Å². The van der Waals surface area contributed by atoms with Gasteiger partial charge in [0.15, 0.2) is 0 Å². The Bertz CT molecular complexity index is 138. The highest BCUT2D eigenvalue weighted by Gasteiger charge is 1.90. The Kier molecular flexibility index (Phi) is 3.44. The van der Waals surface area contributed by atoms with Gasteiger partial charge in [0.25, 0.3) is 0 Å². The predicted octanol–water partition coefficient (Wildman–Crippen LogP) is 1.21.